The molecule has 92 valence electrons. The monoisotopic (exact) mass is 254 g/mol. The van der Waals surface area contributed by atoms with E-state index in [-0.39, 0.29) is 11.8 Å². The predicted molar refractivity (Wildman–Crippen MR) is 63.4 cm³/mol. The molecule has 0 bridgehead atoms. The van der Waals surface area contributed by atoms with Gasteiger partial charge in [-0.3, -0.25) is 0 Å². The summed E-state index contributed by atoms with van der Waals surface area (Å²) in [6.07, 6.45) is 2.41. The summed E-state index contributed by atoms with van der Waals surface area (Å²) >= 11 is 1.45. The minimum atomic E-state index is -1.02. The molecule has 0 saturated carbocycles. The van der Waals surface area contributed by atoms with Gasteiger partial charge in [0.25, 0.3) is 0 Å². The van der Waals surface area contributed by atoms with E-state index in [0.717, 1.165) is 25.2 Å². The quantitative estimate of drug-likeness (QED) is 0.652. The van der Waals surface area contributed by atoms with Crippen molar-refractivity contribution in [3.63, 3.8) is 0 Å². The van der Waals surface area contributed by atoms with E-state index >= 15 is 0 Å². The summed E-state index contributed by atoms with van der Waals surface area (Å²) in [5.41, 5.74) is 0.722. The summed E-state index contributed by atoms with van der Waals surface area (Å²) in [6.45, 7) is 2.59. The van der Waals surface area contributed by atoms with E-state index in [9.17, 15) is 4.79 Å². The topological polar surface area (TPSA) is 72.3 Å². The molecule has 1 aliphatic rings. The van der Waals surface area contributed by atoms with Gasteiger partial charge >= 0.3 is 5.97 Å². The van der Waals surface area contributed by atoms with E-state index in [1.54, 1.807) is 6.92 Å². The molecule has 1 unspecified atom stereocenters. The number of aromatic nitrogens is 2. The van der Waals surface area contributed by atoms with Crippen LogP contribution in [-0.4, -0.2) is 39.5 Å². The zero-order chi connectivity index (χ0) is 12.3. The number of hydrogen-bond acceptors (Lipinski definition) is 5. The first-order valence-electron chi connectivity index (χ1n) is 5.48. The number of carboxylic acid groups (broad SMARTS) is 1. The number of thioether (sulfide) groups is 1. The molecule has 1 aromatic heterocycles. The third kappa shape index (κ3) is 3.41. The summed E-state index contributed by atoms with van der Waals surface area (Å²) in [7, 11) is 0. The smallest absolute Gasteiger partial charge is 0.354 e. The molecule has 1 aliphatic heterocycles. The Balaban J connectivity index is 2.01. The zero-order valence-corrected chi connectivity index (χ0v) is 10.4. The van der Waals surface area contributed by atoms with E-state index in [0.29, 0.717) is 10.9 Å². The normalized spacial score (nSPS) is 19.5. The van der Waals surface area contributed by atoms with Crippen LogP contribution in [-0.2, 0) is 4.74 Å². The number of rotatable bonds is 4. The van der Waals surface area contributed by atoms with Crippen LogP contribution < -0.4 is 0 Å². The number of hydrogen-bond donors (Lipinski definition) is 1. The fourth-order valence-electron chi connectivity index (χ4n) is 1.66. The lowest BCUT2D eigenvalue weighted by Crippen LogP contribution is -2.09. The van der Waals surface area contributed by atoms with Crippen molar-refractivity contribution >= 4 is 17.7 Å². The van der Waals surface area contributed by atoms with Gasteiger partial charge in [0, 0.05) is 18.1 Å². The Labute approximate surface area is 104 Å². The molecule has 1 atom stereocenters. The number of carbonyl (C=O) groups is 1. The van der Waals surface area contributed by atoms with Crippen LogP contribution in [0.25, 0.3) is 0 Å². The maximum atomic E-state index is 10.8. The van der Waals surface area contributed by atoms with Crippen molar-refractivity contribution in [1.82, 2.24) is 9.97 Å². The van der Waals surface area contributed by atoms with E-state index in [1.165, 1.54) is 17.8 Å². The number of aryl methyl sites for hydroxylation is 1. The summed E-state index contributed by atoms with van der Waals surface area (Å²) in [5.74, 6) is -0.239. The minimum Gasteiger partial charge on any atom is -0.477 e. The van der Waals surface area contributed by atoms with Crippen LogP contribution in [0.2, 0.25) is 0 Å². The number of aromatic carboxylic acids is 1. The molecule has 0 amide bonds. The van der Waals surface area contributed by atoms with Crippen LogP contribution >= 0.6 is 11.8 Å². The highest BCUT2D eigenvalue weighted by Gasteiger charge is 2.17. The van der Waals surface area contributed by atoms with Crippen molar-refractivity contribution in [2.24, 2.45) is 0 Å². The van der Waals surface area contributed by atoms with Gasteiger partial charge < -0.3 is 9.84 Å². The molecular weight excluding hydrogens is 240 g/mol. The maximum absolute atomic E-state index is 10.8. The van der Waals surface area contributed by atoms with Crippen molar-refractivity contribution in [2.45, 2.75) is 31.0 Å². The minimum absolute atomic E-state index is 0.0485. The fraction of sp³-hybridized carbons (Fsp3) is 0.545. The molecular formula is C11H14N2O3S. The van der Waals surface area contributed by atoms with Gasteiger partial charge in [0.1, 0.15) is 0 Å². The van der Waals surface area contributed by atoms with Gasteiger partial charge in [-0.05, 0) is 25.8 Å². The molecule has 1 N–H and O–H groups in total. The number of ether oxygens (including phenoxy) is 1. The molecule has 0 spiro atoms. The highest BCUT2D eigenvalue weighted by Crippen LogP contribution is 2.21. The second-order valence-electron chi connectivity index (χ2n) is 3.93. The lowest BCUT2D eigenvalue weighted by molar-refractivity contribution is 0.0689. The molecule has 0 aliphatic carbocycles. The summed E-state index contributed by atoms with van der Waals surface area (Å²) in [4.78, 5) is 19.0. The highest BCUT2D eigenvalue weighted by atomic mass is 32.2. The summed E-state index contributed by atoms with van der Waals surface area (Å²) < 4.78 is 5.49. The Hall–Kier alpha value is -1.14. The SMILES string of the molecule is Cc1cc(C(=O)O)nc(SCC2CCCO2)n1. The average molecular weight is 254 g/mol. The first kappa shape index (κ1) is 12.3. The second kappa shape index (κ2) is 5.46. The van der Waals surface area contributed by atoms with Gasteiger partial charge in [-0.15, -0.1) is 0 Å². The Morgan fingerprint density at radius 3 is 3.12 bits per heavy atom. The third-order valence-corrected chi connectivity index (χ3v) is 3.45. The molecule has 1 fully saturated rings. The van der Waals surface area contributed by atoms with Crippen molar-refractivity contribution in [2.75, 3.05) is 12.4 Å². The van der Waals surface area contributed by atoms with Gasteiger partial charge in [0.15, 0.2) is 10.9 Å². The van der Waals surface area contributed by atoms with E-state index in [2.05, 4.69) is 9.97 Å². The van der Waals surface area contributed by atoms with Gasteiger partial charge in [-0.1, -0.05) is 11.8 Å². The predicted octanol–water partition coefficient (Wildman–Crippen LogP) is 1.75. The molecule has 1 aromatic rings. The van der Waals surface area contributed by atoms with E-state index < -0.39 is 5.97 Å². The van der Waals surface area contributed by atoms with Crippen LogP contribution in [0.15, 0.2) is 11.2 Å². The molecule has 17 heavy (non-hydrogen) atoms. The molecule has 0 aromatic carbocycles. The van der Waals surface area contributed by atoms with Crippen LogP contribution in [0.4, 0.5) is 0 Å². The van der Waals surface area contributed by atoms with Crippen LogP contribution in [0.5, 0.6) is 0 Å². The standard InChI is InChI=1S/C11H14N2O3S/c1-7-5-9(10(14)15)13-11(12-7)17-6-8-3-2-4-16-8/h5,8H,2-4,6H2,1H3,(H,14,15). The molecule has 2 heterocycles. The van der Waals surface area contributed by atoms with Gasteiger partial charge in [0.2, 0.25) is 0 Å². The Morgan fingerprint density at radius 1 is 1.65 bits per heavy atom. The molecule has 0 radical (unpaired) electrons. The van der Waals surface area contributed by atoms with Gasteiger partial charge in [-0.2, -0.15) is 0 Å². The maximum Gasteiger partial charge on any atom is 0.354 e. The Kier molecular flexibility index (Phi) is 3.96. The molecule has 1 saturated heterocycles. The highest BCUT2D eigenvalue weighted by molar-refractivity contribution is 7.99. The Morgan fingerprint density at radius 2 is 2.47 bits per heavy atom. The first-order valence-corrected chi connectivity index (χ1v) is 6.47. The van der Waals surface area contributed by atoms with Crippen molar-refractivity contribution in [3.05, 3.63) is 17.5 Å². The molecule has 2 rings (SSSR count). The van der Waals surface area contributed by atoms with E-state index in [1.807, 2.05) is 0 Å². The summed E-state index contributed by atoms with van der Waals surface area (Å²) in [5, 5.41) is 9.40. The molecule has 5 nitrogen and oxygen atoms in total. The molecule has 6 heteroatoms. The largest absolute Gasteiger partial charge is 0.477 e. The average Bonchev–Trinajstić information content (AvgIpc) is 2.78. The Bertz CT molecular complexity index is 419. The van der Waals surface area contributed by atoms with Gasteiger partial charge in [0.05, 0.1) is 6.10 Å². The van der Waals surface area contributed by atoms with Crippen LogP contribution in [0, 0.1) is 6.92 Å². The summed E-state index contributed by atoms with van der Waals surface area (Å²) in [6, 6.07) is 1.47. The number of carboxylic acids is 1. The van der Waals surface area contributed by atoms with Crippen molar-refractivity contribution in [1.29, 1.82) is 0 Å². The second-order valence-corrected chi connectivity index (χ2v) is 4.92. The lowest BCUT2D eigenvalue weighted by atomic mass is 10.3. The number of nitrogens with zero attached hydrogens (tertiary/aromatic N) is 2. The fourth-order valence-corrected chi connectivity index (χ4v) is 2.63. The lowest BCUT2D eigenvalue weighted by Gasteiger charge is -2.08. The van der Waals surface area contributed by atoms with Crippen LogP contribution in [0.3, 0.4) is 0 Å². The first-order chi connectivity index (χ1) is 8.15. The van der Waals surface area contributed by atoms with E-state index in [4.69, 9.17) is 9.84 Å². The van der Waals surface area contributed by atoms with Crippen LogP contribution in [0.1, 0.15) is 29.0 Å². The third-order valence-electron chi connectivity index (χ3n) is 2.48. The zero-order valence-electron chi connectivity index (χ0n) is 9.55. The van der Waals surface area contributed by atoms with Gasteiger partial charge in [-0.25, -0.2) is 14.8 Å². The van der Waals surface area contributed by atoms with Crippen molar-refractivity contribution in [3.8, 4) is 0 Å². The van der Waals surface area contributed by atoms with Crippen molar-refractivity contribution < 1.29 is 14.6 Å².